The molecule has 1 aliphatic rings. The first-order chi connectivity index (χ1) is 7.22. The molecule has 0 aliphatic carbocycles. The summed E-state index contributed by atoms with van der Waals surface area (Å²) in [5.74, 6) is -0.283. The quantitative estimate of drug-likeness (QED) is 0.435. The fourth-order valence-electron chi connectivity index (χ4n) is 1.32. The normalized spacial score (nSPS) is 18.1. The van der Waals surface area contributed by atoms with Gasteiger partial charge in [0, 0.05) is 18.9 Å². The molecular formula is C10H9ClN2O2. The van der Waals surface area contributed by atoms with Crippen molar-refractivity contribution in [3.8, 4) is 0 Å². The summed E-state index contributed by atoms with van der Waals surface area (Å²) < 4.78 is 1.89. The van der Waals surface area contributed by atoms with E-state index in [1.807, 2.05) is 29.9 Å². The van der Waals surface area contributed by atoms with E-state index in [-0.39, 0.29) is 5.88 Å². The van der Waals surface area contributed by atoms with Crippen LogP contribution in [0.1, 0.15) is 5.69 Å². The van der Waals surface area contributed by atoms with Gasteiger partial charge in [0.2, 0.25) is 0 Å². The monoisotopic (exact) mass is 224 g/mol. The van der Waals surface area contributed by atoms with Gasteiger partial charge in [-0.3, -0.25) is 0 Å². The molecule has 0 amide bonds. The van der Waals surface area contributed by atoms with Gasteiger partial charge in [0.05, 0.1) is 11.5 Å². The Kier molecular flexibility index (Phi) is 2.60. The third-order valence-electron chi connectivity index (χ3n) is 2.17. The predicted molar refractivity (Wildman–Crippen MR) is 57.6 cm³/mol. The van der Waals surface area contributed by atoms with Crippen molar-refractivity contribution in [3.05, 3.63) is 29.6 Å². The van der Waals surface area contributed by atoms with E-state index < -0.39 is 5.97 Å². The Balaban J connectivity index is 2.38. The van der Waals surface area contributed by atoms with Crippen LogP contribution in [0.2, 0.25) is 0 Å². The molecule has 0 aromatic carbocycles. The molecule has 0 bridgehead atoms. The minimum Gasteiger partial charge on any atom is -0.351 e. The van der Waals surface area contributed by atoms with Gasteiger partial charge >= 0.3 is 5.97 Å². The van der Waals surface area contributed by atoms with Crippen LogP contribution < -0.4 is 0 Å². The van der Waals surface area contributed by atoms with Gasteiger partial charge in [-0.2, -0.15) is 0 Å². The van der Waals surface area contributed by atoms with Gasteiger partial charge in [-0.05, 0) is 18.2 Å². The number of oxime groups is 1. The largest absolute Gasteiger partial charge is 0.367 e. The smallest absolute Gasteiger partial charge is 0.351 e. The molecule has 0 saturated heterocycles. The van der Waals surface area contributed by atoms with Crippen LogP contribution in [-0.2, 0) is 16.7 Å². The maximum atomic E-state index is 11.3. The minimum atomic E-state index is -0.452. The summed E-state index contributed by atoms with van der Waals surface area (Å²) in [6, 6.07) is 3.79. The lowest BCUT2D eigenvalue weighted by Gasteiger charge is -1.98. The Morgan fingerprint density at radius 3 is 3.07 bits per heavy atom. The minimum absolute atomic E-state index is 0.169. The van der Waals surface area contributed by atoms with E-state index in [0.29, 0.717) is 11.3 Å². The second kappa shape index (κ2) is 3.90. The van der Waals surface area contributed by atoms with Gasteiger partial charge in [-0.1, -0.05) is 5.16 Å². The highest BCUT2D eigenvalue weighted by molar-refractivity contribution is 6.38. The molecule has 0 N–H and O–H groups in total. The summed E-state index contributed by atoms with van der Waals surface area (Å²) in [6.45, 7) is 0. The zero-order chi connectivity index (χ0) is 10.8. The zero-order valence-electron chi connectivity index (χ0n) is 8.11. The van der Waals surface area contributed by atoms with Crippen LogP contribution in [0.3, 0.4) is 0 Å². The molecule has 1 aromatic rings. The number of carbonyl (C=O) groups is 1. The standard InChI is InChI=1S/C10H9ClN2O2/c1-13-4-2-3-7(13)5-8-9(6-11)12-15-10(8)14/h2-5H,6H2,1H3. The second-order valence-corrected chi connectivity index (χ2v) is 3.42. The fraction of sp³-hybridized carbons (Fsp3) is 0.200. The lowest BCUT2D eigenvalue weighted by Crippen LogP contribution is -2.07. The van der Waals surface area contributed by atoms with Crippen molar-refractivity contribution in [1.29, 1.82) is 0 Å². The summed E-state index contributed by atoms with van der Waals surface area (Å²) in [6.07, 6.45) is 3.61. The topological polar surface area (TPSA) is 43.6 Å². The molecule has 5 heteroatoms. The van der Waals surface area contributed by atoms with Crippen LogP contribution in [0, 0.1) is 0 Å². The molecule has 0 fully saturated rings. The van der Waals surface area contributed by atoms with E-state index in [1.165, 1.54) is 0 Å². The van der Waals surface area contributed by atoms with Crippen molar-refractivity contribution in [1.82, 2.24) is 4.57 Å². The van der Waals surface area contributed by atoms with E-state index in [2.05, 4.69) is 9.99 Å². The number of halogens is 1. The SMILES string of the molecule is Cn1cccc1C=C1C(=O)ON=C1CCl. The van der Waals surface area contributed by atoms with Crippen LogP contribution in [0.4, 0.5) is 0 Å². The molecular weight excluding hydrogens is 216 g/mol. The number of hydrogen-bond donors (Lipinski definition) is 0. The van der Waals surface area contributed by atoms with Crippen LogP contribution in [0.15, 0.2) is 29.1 Å². The van der Waals surface area contributed by atoms with Crippen molar-refractivity contribution < 1.29 is 9.63 Å². The molecule has 15 heavy (non-hydrogen) atoms. The van der Waals surface area contributed by atoms with Crippen LogP contribution in [-0.4, -0.2) is 22.1 Å². The molecule has 0 saturated carbocycles. The van der Waals surface area contributed by atoms with E-state index in [9.17, 15) is 4.79 Å². The summed E-state index contributed by atoms with van der Waals surface area (Å²) in [5, 5.41) is 3.58. The van der Waals surface area contributed by atoms with Gasteiger partial charge in [-0.25, -0.2) is 4.79 Å². The molecule has 2 heterocycles. The van der Waals surface area contributed by atoms with Crippen molar-refractivity contribution in [2.24, 2.45) is 12.2 Å². The van der Waals surface area contributed by atoms with Crippen LogP contribution >= 0.6 is 11.6 Å². The van der Waals surface area contributed by atoms with Crippen molar-refractivity contribution in [2.75, 3.05) is 5.88 Å². The number of aromatic nitrogens is 1. The Labute approximate surface area is 91.8 Å². The highest BCUT2D eigenvalue weighted by Gasteiger charge is 2.24. The van der Waals surface area contributed by atoms with Gasteiger partial charge < -0.3 is 9.40 Å². The van der Waals surface area contributed by atoms with Crippen LogP contribution in [0.25, 0.3) is 6.08 Å². The summed E-state index contributed by atoms with van der Waals surface area (Å²) >= 11 is 5.64. The predicted octanol–water partition coefficient (Wildman–Crippen LogP) is 1.56. The van der Waals surface area contributed by atoms with Gasteiger partial charge in [0.25, 0.3) is 0 Å². The van der Waals surface area contributed by atoms with E-state index in [0.717, 1.165) is 5.69 Å². The Morgan fingerprint density at radius 1 is 1.67 bits per heavy atom. The number of nitrogens with zero attached hydrogens (tertiary/aromatic N) is 2. The lowest BCUT2D eigenvalue weighted by atomic mass is 10.1. The Morgan fingerprint density at radius 2 is 2.47 bits per heavy atom. The van der Waals surface area contributed by atoms with Crippen molar-refractivity contribution in [3.63, 3.8) is 0 Å². The highest BCUT2D eigenvalue weighted by Crippen LogP contribution is 2.16. The number of alkyl halides is 1. The van der Waals surface area contributed by atoms with E-state index in [1.54, 1.807) is 6.08 Å². The molecule has 0 atom stereocenters. The molecule has 1 aromatic heterocycles. The van der Waals surface area contributed by atoms with Gasteiger partial charge in [0.15, 0.2) is 0 Å². The third kappa shape index (κ3) is 1.80. The molecule has 4 nitrogen and oxygen atoms in total. The van der Waals surface area contributed by atoms with Crippen molar-refractivity contribution in [2.45, 2.75) is 0 Å². The number of rotatable bonds is 2. The first-order valence-corrected chi connectivity index (χ1v) is 4.93. The van der Waals surface area contributed by atoms with E-state index in [4.69, 9.17) is 11.6 Å². The van der Waals surface area contributed by atoms with E-state index >= 15 is 0 Å². The molecule has 2 rings (SSSR count). The Hall–Kier alpha value is -1.55. The lowest BCUT2D eigenvalue weighted by molar-refractivity contribution is -0.136. The summed E-state index contributed by atoms with van der Waals surface area (Å²) in [5.41, 5.74) is 1.80. The highest BCUT2D eigenvalue weighted by atomic mass is 35.5. The van der Waals surface area contributed by atoms with Crippen molar-refractivity contribution >= 4 is 29.4 Å². The fourth-order valence-corrected chi connectivity index (χ4v) is 1.52. The zero-order valence-corrected chi connectivity index (χ0v) is 8.86. The van der Waals surface area contributed by atoms with Gasteiger partial charge in [0.1, 0.15) is 5.71 Å². The number of aryl methyl sites for hydroxylation is 1. The summed E-state index contributed by atoms with van der Waals surface area (Å²) in [7, 11) is 1.89. The number of carbonyl (C=O) groups excluding carboxylic acids is 1. The third-order valence-corrected chi connectivity index (χ3v) is 2.43. The van der Waals surface area contributed by atoms with Gasteiger partial charge in [-0.15, -0.1) is 11.6 Å². The first-order valence-electron chi connectivity index (χ1n) is 4.40. The Bertz CT molecular complexity index is 460. The molecule has 0 spiro atoms. The van der Waals surface area contributed by atoms with Crippen LogP contribution in [0.5, 0.6) is 0 Å². The molecule has 78 valence electrons. The maximum Gasteiger partial charge on any atom is 0.367 e. The summed E-state index contributed by atoms with van der Waals surface area (Å²) in [4.78, 5) is 15.9. The second-order valence-electron chi connectivity index (χ2n) is 3.15. The average Bonchev–Trinajstić information content (AvgIpc) is 2.77. The molecule has 0 unspecified atom stereocenters. The first kappa shape index (κ1) is 9.98. The molecule has 1 aliphatic heterocycles. The molecule has 0 radical (unpaired) electrons. The maximum absolute atomic E-state index is 11.3. The average molecular weight is 225 g/mol. The number of hydrogen-bond acceptors (Lipinski definition) is 3.